The van der Waals surface area contributed by atoms with Crippen molar-refractivity contribution in [1.82, 2.24) is 4.90 Å². The summed E-state index contributed by atoms with van der Waals surface area (Å²) in [5, 5.41) is 0.594. The lowest BCUT2D eigenvalue weighted by atomic mass is 9.78. The quantitative estimate of drug-likeness (QED) is 0.289. The summed E-state index contributed by atoms with van der Waals surface area (Å²) in [6.45, 7) is 2.52. The summed E-state index contributed by atoms with van der Waals surface area (Å²) in [6, 6.07) is 24.3. The van der Waals surface area contributed by atoms with Gasteiger partial charge >= 0.3 is 11.9 Å². The van der Waals surface area contributed by atoms with Crippen molar-refractivity contribution in [3.8, 4) is 5.75 Å². The third-order valence-corrected chi connectivity index (χ3v) is 7.21. The van der Waals surface area contributed by atoms with Gasteiger partial charge in [0.1, 0.15) is 12.3 Å². The van der Waals surface area contributed by atoms with E-state index in [4.69, 9.17) is 25.8 Å². The minimum Gasteiger partial charge on any atom is -0.497 e. The Balaban J connectivity index is 1.94. The molecule has 2 unspecified atom stereocenters. The van der Waals surface area contributed by atoms with Crippen molar-refractivity contribution in [2.24, 2.45) is 5.92 Å². The summed E-state index contributed by atoms with van der Waals surface area (Å²) in [4.78, 5) is 28.4. The van der Waals surface area contributed by atoms with Crippen LogP contribution in [0.25, 0.3) is 0 Å². The van der Waals surface area contributed by atoms with Crippen molar-refractivity contribution in [1.29, 1.82) is 0 Å². The van der Waals surface area contributed by atoms with Gasteiger partial charge in [-0.05, 0) is 36.8 Å². The topological polar surface area (TPSA) is 68.1 Å². The van der Waals surface area contributed by atoms with Crippen LogP contribution in [0.3, 0.4) is 0 Å². The molecular weight excluding hydrogens is 504 g/mol. The van der Waals surface area contributed by atoms with Crippen LogP contribution in [0.5, 0.6) is 5.75 Å². The number of carbonyl (C=O) groups is 2. The van der Waals surface area contributed by atoms with Gasteiger partial charge in [-0.15, -0.1) is 0 Å². The molecule has 3 aromatic rings. The molecule has 4 rings (SSSR count). The second-order valence-electron chi connectivity index (χ2n) is 9.29. The Hall–Kier alpha value is -3.84. The molecule has 0 amide bonds. The number of hydrogen-bond acceptors (Lipinski definition) is 6. The van der Waals surface area contributed by atoms with Crippen molar-refractivity contribution >= 4 is 29.9 Å². The van der Waals surface area contributed by atoms with E-state index in [-0.39, 0.29) is 12.5 Å². The molecule has 0 saturated heterocycles. The lowest BCUT2D eigenvalue weighted by molar-refractivity contribution is -0.582. The highest BCUT2D eigenvalue weighted by atomic mass is 35.5. The second-order valence-corrected chi connectivity index (χ2v) is 9.73. The molecule has 0 aliphatic carbocycles. The predicted molar refractivity (Wildman–Crippen MR) is 145 cm³/mol. The molecule has 7 nitrogen and oxygen atoms in total. The molecule has 8 heteroatoms. The van der Waals surface area contributed by atoms with E-state index in [0.29, 0.717) is 11.6 Å². The van der Waals surface area contributed by atoms with Crippen molar-refractivity contribution in [3.05, 3.63) is 101 Å². The van der Waals surface area contributed by atoms with Crippen LogP contribution in [0.2, 0.25) is 5.02 Å². The van der Waals surface area contributed by atoms with Gasteiger partial charge in [0.15, 0.2) is 6.04 Å². The first-order valence-electron chi connectivity index (χ1n) is 12.3. The van der Waals surface area contributed by atoms with Crippen molar-refractivity contribution in [2.75, 3.05) is 27.9 Å². The molecular formula is C30H32ClN2O5+. The van der Waals surface area contributed by atoms with Crippen LogP contribution in [0.15, 0.2) is 78.9 Å². The summed E-state index contributed by atoms with van der Waals surface area (Å²) >= 11 is 6.25. The Morgan fingerprint density at radius 3 is 2.18 bits per heavy atom. The van der Waals surface area contributed by atoms with Gasteiger partial charge in [0, 0.05) is 16.1 Å². The Morgan fingerprint density at radius 2 is 1.61 bits per heavy atom. The maximum Gasteiger partial charge on any atom is 0.364 e. The fraction of sp³-hybridized carbons (Fsp3) is 0.300. The van der Waals surface area contributed by atoms with Crippen LogP contribution in [0, 0.1) is 5.92 Å². The summed E-state index contributed by atoms with van der Waals surface area (Å²) in [7, 11) is 4.38. The molecule has 0 fully saturated rings. The highest BCUT2D eigenvalue weighted by Gasteiger charge is 2.64. The number of methoxy groups -OCH3 is 3. The number of nitrogens with zero attached hydrogens (tertiary/aromatic N) is 2. The SMILES string of the molecule is COC(=O)[C@H](C)CN1C=[N+](Cc2ccc(OC)cc2)C(c2ccc(Cl)cc2)C1(C(=O)OC)c1ccccc1. The van der Waals surface area contributed by atoms with E-state index in [1.165, 1.54) is 14.2 Å². The number of carbonyl (C=O) groups excluding carboxylic acids is 2. The normalized spacial score (nSPS) is 19.4. The zero-order valence-electron chi connectivity index (χ0n) is 22.0. The zero-order valence-corrected chi connectivity index (χ0v) is 22.7. The Kier molecular flexibility index (Phi) is 8.37. The van der Waals surface area contributed by atoms with E-state index in [0.717, 1.165) is 22.4 Å². The number of benzene rings is 3. The fourth-order valence-electron chi connectivity index (χ4n) is 5.17. The molecule has 0 spiro atoms. The van der Waals surface area contributed by atoms with Gasteiger partial charge in [-0.3, -0.25) is 9.37 Å². The van der Waals surface area contributed by atoms with E-state index in [9.17, 15) is 9.59 Å². The summed E-state index contributed by atoms with van der Waals surface area (Å²) in [5.74, 6) is -0.540. The number of hydrogen-bond donors (Lipinski definition) is 0. The zero-order chi connectivity index (χ0) is 27.3. The van der Waals surface area contributed by atoms with Crippen LogP contribution in [-0.4, -0.2) is 55.6 Å². The molecule has 0 N–H and O–H groups in total. The summed E-state index contributed by atoms with van der Waals surface area (Å²) in [6.07, 6.45) is 1.92. The van der Waals surface area contributed by atoms with Crippen LogP contribution in [0.4, 0.5) is 0 Å². The molecule has 0 saturated carbocycles. The fourth-order valence-corrected chi connectivity index (χ4v) is 5.29. The van der Waals surface area contributed by atoms with Crippen molar-refractivity contribution in [3.63, 3.8) is 0 Å². The van der Waals surface area contributed by atoms with Crippen LogP contribution < -0.4 is 4.74 Å². The number of ether oxygens (including phenoxy) is 3. The molecule has 0 radical (unpaired) electrons. The molecule has 1 aliphatic heterocycles. The molecule has 0 aromatic heterocycles. The molecule has 198 valence electrons. The average Bonchev–Trinajstić information content (AvgIpc) is 3.27. The maximum atomic E-state index is 14.0. The minimum atomic E-state index is -1.29. The highest BCUT2D eigenvalue weighted by Crippen LogP contribution is 2.47. The van der Waals surface area contributed by atoms with E-state index in [2.05, 4.69) is 4.58 Å². The van der Waals surface area contributed by atoms with Gasteiger partial charge < -0.3 is 14.2 Å². The third kappa shape index (κ3) is 5.11. The maximum absolute atomic E-state index is 14.0. The van der Waals surface area contributed by atoms with Crippen LogP contribution in [0.1, 0.15) is 29.7 Å². The molecule has 1 aliphatic rings. The number of halogens is 1. The Bertz CT molecular complexity index is 1290. The largest absolute Gasteiger partial charge is 0.497 e. The first-order valence-corrected chi connectivity index (χ1v) is 12.7. The highest BCUT2D eigenvalue weighted by molar-refractivity contribution is 6.30. The Morgan fingerprint density at radius 1 is 0.947 bits per heavy atom. The molecule has 3 atom stereocenters. The molecule has 0 bridgehead atoms. The monoisotopic (exact) mass is 535 g/mol. The van der Waals surface area contributed by atoms with Gasteiger partial charge in [-0.25, -0.2) is 9.69 Å². The summed E-state index contributed by atoms with van der Waals surface area (Å²) < 4.78 is 18.0. The van der Waals surface area contributed by atoms with Crippen LogP contribution >= 0.6 is 11.6 Å². The van der Waals surface area contributed by atoms with E-state index in [1.807, 2.05) is 90.1 Å². The number of esters is 2. The van der Waals surface area contributed by atoms with Crippen LogP contribution in [-0.2, 0) is 31.1 Å². The lowest BCUT2D eigenvalue weighted by Crippen LogP contribution is -2.54. The second kappa shape index (κ2) is 11.7. The van der Waals surface area contributed by atoms with Gasteiger partial charge in [0.25, 0.3) is 5.54 Å². The standard InChI is InChI=1S/C30H32ClN2O5/c1-21(28(34)37-3)18-33-20-32(19-22-10-16-26(36-2)17-11-22)27(23-12-14-25(31)15-13-23)30(33,29(35)38-4)24-8-6-5-7-9-24/h5-17,20-21,27H,18-19H2,1-4H3/q+1/t21-,27?,30?/m1/s1. The van der Waals surface area contributed by atoms with Gasteiger partial charge in [-0.2, -0.15) is 0 Å². The molecule has 38 heavy (non-hydrogen) atoms. The van der Waals surface area contributed by atoms with E-state index < -0.39 is 23.5 Å². The average molecular weight is 536 g/mol. The third-order valence-electron chi connectivity index (χ3n) is 6.96. The summed E-state index contributed by atoms with van der Waals surface area (Å²) in [5.41, 5.74) is 1.35. The van der Waals surface area contributed by atoms with Gasteiger partial charge in [0.2, 0.25) is 6.34 Å². The van der Waals surface area contributed by atoms with Gasteiger partial charge in [-0.1, -0.05) is 66.2 Å². The van der Waals surface area contributed by atoms with Crippen molar-refractivity contribution < 1.29 is 28.4 Å². The van der Waals surface area contributed by atoms with E-state index >= 15 is 0 Å². The van der Waals surface area contributed by atoms with E-state index in [1.54, 1.807) is 14.0 Å². The smallest absolute Gasteiger partial charge is 0.364 e. The lowest BCUT2D eigenvalue weighted by Gasteiger charge is -2.36. The predicted octanol–water partition coefficient (Wildman–Crippen LogP) is 4.82. The molecule has 1 heterocycles. The first-order chi connectivity index (χ1) is 18.3. The Labute approximate surface area is 228 Å². The number of rotatable bonds is 9. The van der Waals surface area contributed by atoms with Gasteiger partial charge in [0.05, 0.1) is 33.8 Å². The molecule has 3 aromatic carbocycles. The first kappa shape index (κ1) is 27.2. The minimum absolute atomic E-state index is 0.236. The van der Waals surface area contributed by atoms with Crippen molar-refractivity contribution in [2.45, 2.75) is 25.0 Å².